The molecular weight excluding hydrogens is 388 g/mol. The third-order valence-corrected chi connectivity index (χ3v) is 5.05. The average Bonchev–Trinajstić information content (AvgIpc) is 2.99. The number of Topliss-reactive ketones (excluding diaryl/α,β-unsaturated/α-hetero) is 1. The second kappa shape index (κ2) is 7.57. The van der Waals surface area contributed by atoms with Gasteiger partial charge in [0.25, 0.3) is 0 Å². The third kappa shape index (κ3) is 3.67. The van der Waals surface area contributed by atoms with Crippen LogP contribution >= 0.6 is 11.6 Å². The molecule has 0 amide bonds. The Bertz CT molecular complexity index is 1180. The minimum absolute atomic E-state index is 0.190. The summed E-state index contributed by atoms with van der Waals surface area (Å²) in [4.78, 5) is 25.2. The first-order valence-electron chi connectivity index (χ1n) is 9.05. The summed E-state index contributed by atoms with van der Waals surface area (Å²) in [5.74, 6) is 0.138. The summed E-state index contributed by atoms with van der Waals surface area (Å²) < 4.78 is 11.3. The number of benzene rings is 3. The number of ketones is 1. The molecule has 3 aromatic rings. The first-order chi connectivity index (χ1) is 13.9. The lowest BCUT2D eigenvalue weighted by Gasteiger charge is -2.08. The van der Waals surface area contributed by atoms with Gasteiger partial charge in [-0.3, -0.25) is 4.79 Å². The van der Waals surface area contributed by atoms with Crippen molar-refractivity contribution in [1.82, 2.24) is 0 Å². The highest BCUT2D eigenvalue weighted by atomic mass is 35.5. The molecule has 1 heterocycles. The standard InChI is InChI=1S/C24H17ClO4/c1-14-7-3-4-8-16(14)12-21-23(26)22-15(2)11-17(13-20(22)29-21)28-24(27)18-9-5-6-10-19(18)25/h3-13H,1-2H3/b21-12-. The monoisotopic (exact) mass is 404 g/mol. The summed E-state index contributed by atoms with van der Waals surface area (Å²) in [5, 5.41) is 0.310. The van der Waals surface area contributed by atoms with Crippen molar-refractivity contribution in [2.45, 2.75) is 13.8 Å². The minimum atomic E-state index is -0.574. The Hall–Kier alpha value is -3.37. The number of halogens is 1. The molecule has 0 N–H and O–H groups in total. The summed E-state index contributed by atoms with van der Waals surface area (Å²) in [6, 6.07) is 17.6. The zero-order valence-electron chi connectivity index (χ0n) is 15.9. The fraction of sp³-hybridized carbons (Fsp3) is 0.0833. The average molecular weight is 405 g/mol. The lowest BCUT2D eigenvalue weighted by atomic mass is 10.0. The molecule has 0 unspecified atom stereocenters. The Kier molecular flexibility index (Phi) is 4.95. The highest BCUT2D eigenvalue weighted by Gasteiger charge is 2.30. The van der Waals surface area contributed by atoms with E-state index in [0.717, 1.165) is 11.1 Å². The van der Waals surface area contributed by atoms with E-state index >= 15 is 0 Å². The first-order valence-corrected chi connectivity index (χ1v) is 9.43. The number of hydrogen-bond donors (Lipinski definition) is 0. The van der Waals surface area contributed by atoms with Crippen LogP contribution in [0.2, 0.25) is 5.02 Å². The molecule has 4 rings (SSSR count). The fourth-order valence-corrected chi connectivity index (χ4v) is 3.43. The van der Waals surface area contributed by atoms with E-state index in [1.54, 1.807) is 49.4 Å². The van der Waals surface area contributed by atoms with Gasteiger partial charge in [-0.2, -0.15) is 0 Å². The molecular formula is C24H17ClO4. The largest absolute Gasteiger partial charge is 0.452 e. The zero-order valence-corrected chi connectivity index (χ0v) is 16.6. The van der Waals surface area contributed by atoms with E-state index in [0.29, 0.717) is 21.9 Å². The predicted octanol–water partition coefficient (Wildman–Crippen LogP) is 5.79. The van der Waals surface area contributed by atoms with Crippen LogP contribution in [-0.2, 0) is 0 Å². The van der Waals surface area contributed by atoms with Crippen LogP contribution in [0.4, 0.5) is 0 Å². The van der Waals surface area contributed by atoms with Gasteiger partial charge < -0.3 is 9.47 Å². The summed E-state index contributed by atoms with van der Waals surface area (Å²) in [6.07, 6.45) is 1.73. The number of allylic oxidation sites excluding steroid dienone is 1. The van der Waals surface area contributed by atoms with Gasteiger partial charge in [0.05, 0.1) is 16.1 Å². The number of hydrogen-bond acceptors (Lipinski definition) is 4. The van der Waals surface area contributed by atoms with E-state index in [2.05, 4.69) is 0 Å². The van der Waals surface area contributed by atoms with Crippen molar-refractivity contribution in [3.8, 4) is 11.5 Å². The lowest BCUT2D eigenvalue weighted by Crippen LogP contribution is -2.09. The van der Waals surface area contributed by atoms with Gasteiger partial charge in [-0.05, 0) is 54.8 Å². The van der Waals surface area contributed by atoms with Crippen molar-refractivity contribution in [2.75, 3.05) is 0 Å². The molecule has 0 saturated heterocycles. The number of aryl methyl sites for hydroxylation is 2. The van der Waals surface area contributed by atoms with Crippen molar-refractivity contribution in [3.05, 3.63) is 99.3 Å². The van der Waals surface area contributed by atoms with Crippen LogP contribution in [0, 0.1) is 13.8 Å². The summed E-state index contributed by atoms with van der Waals surface area (Å²) in [5.41, 5.74) is 3.36. The number of ether oxygens (including phenoxy) is 2. The summed E-state index contributed by atoms with van der Waals surface area (Å²) in [6.45, 7) is 3.75. The van der Waals surface area contributed by atoms with Crippen LogP contribution in [0.15, 0.2) is 66.4 Å². The quantitative estimate of drug-likeness (QED) is 0.315. The molecule has 29 heavy (non-hydrogen) atoms. The van der Waals surface area contributed by atoms with Crippen LogP contribution in [0.1, 0.15) is 37.4 Å². The van der Waals surface area contributed by atoms with Crippen molar-refractivity contribution < 1.29 is 19.1 Å². The van der Waals surface area contributed by atoms with E-state index in [1.807, 2.05) is 31.2 Å². The van der Waals surface area contributed by atoms with E-state index in [9.17, 15) is 9.59 Å². The molecule has 0 fully saturated rings. The van der Waals surface area contributed by atoms with Crippen LogP contribution < -0.4 is 9.47 Å². The molecule has 0 aliphatic carbocycles. The molecule has 1 aliphatic heterocycles. The maximum Gasteiger partial charge on any atom is 0.345 e. The van der Waals surface area contributed by atoms with Gasteiger partial charge in [0, 0.05) is 6.07 Å². The van der Waals surface area contributed by atoms with Gasteiger partial charge in [-0.15, -0.1) is 0 Å². The molecule has 3 aromatic carbocycles. The Morgan fingerprint density at radius 1 is 1.00 bits per heavy atom. The molecule has 4 nitrogen and oxygen atoms in total. The minimum Gasteiger partial charge on any atom is -0.452 e. The Labute approximate surface area is 173 Å². The maximum atomic E-state index is 12.8. The highest BCUT2D eigenvalue weighted by molar-refractivity contribution is 6.33. The number of esters is 1. The van der Waals surface area contributed by atoms with Gasteiger partial charge in [-0.1, -0.05) is 48.0 Å². The molecule has 0 atom stereocenters. The SMILES string of the molecule is Cc1ccccc1/C=C1\Oc2cc(OC(=O)c3ccccc3Cl)cc(C)c2C1=O. The molecule has 144 valence electrons. The van der Waals surface area contributed by atoms with Gasteiger partial charge in [-0.25, -0.2) is 4.79 Å². The van der Waals surface area contributed by atoms with Crippen molar-refractivity contribution in [2.24, 2.45) is 0 Å². The topological polar surface area (TPSA) is 52.6 Å². The van der Waals surface area contributed by atoms with Crippen LogP contribution in [0.3, 0.4) is 0 Å². The van der Waals surface area contributed by atoms with Crippen LogP contribution in [-0.4, -0.2) is 11.8 Å². The molecule has 1 aliphatic rings. The first kappa shape index (κ1) is 19.0. The Morgan fingerprint density at radius 3 is 2.48 bits per heavy atom. The molecule has 5 heteroatoms. The van der Waals surface area contributed by atoms with E-state index in [1.165, 1.54) is 0 Å². The Balaban J connectivity index is 1.64. The van der Waals surface area contributed by atoms with E-state index < -0.39 is 5.97 Å². The van der Waals surface area contributed by atoms with E-state index in [4.69, 9.17) is 21.1 Å². The lowest BCUT2D eigenvalue weighted by molar-refractivity contribution is 0.0734. The van der Waals surface area contributed by atoms with Gasteiger partial charge in [0.1, 0.15) is 11.5 Å². The Morgan fingerprint density at radius 2 is 1.72 bits per heavy atom. The normalized spacial score (nSPS) is 13.9. The number of carbonyl (C=O) groups excluding carboxylic acids is 2. The molecule has 0 radical (unpaired) electrons. The number of carbonyl (C=O) groups is 2. The van der Waals surface area contributed by atoms with Crippen molar-refractivity contribution in [1.29, 1.82) is 0 Å². The fourth-order valence-electron chi connectivity index (χ4n) is 3.22. The third-order valence-electron chi connectivity index (χ3n) is 4.72. The number of fused-ring (bicyclic) bond motifs is 1. The summed E-state index contributed by atoms with van der Waals surface area (Å²) >= 11 is 6.06. The highest BCUT2D eigenvalue weighted by Crippen LogP contribution is 2.38. The zero-order chi connectivity index (χ0) is 20.5. The van der Waals surface area contributed by atoms with E-state index in [-0.39, 0.29) is 22.9 Å². The number of rotatable bonds is 3. The van der Waals surface area contributed by atoms with Crippen molar-refractivity contribution >= 4 is 29.4 Å². The molecule has 0 bridgehead atoms. The molecule has 0 aromatic heterocycles. The predicted molar refractivity (Wildman–Crippen MR) is 112 cm³/mol. The maximum absolute atomic E-state index is 12.8. The van der Waals surface area contributed by atoms with Gasteiger partial charge in [0.15, 0.2) is 5.76 Å². The smallest absolute Gasteiger partial charge is 0.345 e. The second-order valence-corrected chi connectivity index (χ2v) is 7.19. The molecule has 0 spiro atoms. The van der Waals surface area contributed by atoms with Gasteiger partial charge in [0.2, 0.25) is 5.78 Å². The van der Waals surface area contributed by atoms with Crippen LogP contribution in [0.5, 0.6) is 11.5 Å². The van der Waals surface area contributed by atoms with Crippen molar-refractivity contribution in [3.63, 3.8) is 0 Å². The summed E-state index contributed by atoms with van der Waals surface area (Å²) in [7, 11) is 0. The second-order valence-electron chi connectivity index (χ2n) is 6.78. The van der Waals surface area contributed by atoms with Gasteiger partial charge >= 0.3 is 5.97 Å². The van der Waals surface area contributed by atoms with Crippen LogP contribution in [0.25, 0.3) is 6.08 Å². The molecule has 0 saturated carbocycles.